The first-order valence-corrected chi connectivity index (χ1v) is 11.9. The molecule has 1 fully saturated rings. The Balaban J connectivity index is 1.53. The minimum absolute atomic E-state index is 0.0922. The first-order valence-electron chi connectivity index (χ1n) is 11.9. The number of ether oxygens (including phenoxy) is 2. The molecular weight excluding hydrogens is 426 g/mol. The molecule has 1 saturated heterocycles. The van der Waals surface area contributed by atoms with Crippen molar-refractivity contribution in [2.75, 3.05) is 19.6 Å². The monoisotopic (exact) mass is 459 g/mol. The van der Waals surface area contributed by atoms with Gasteiger partial charge in [0.2, 0.25) is 5.91 Å². The van der Waals surface area contributed by atoms with Gasteiger partial charge in [-0.15, -0.1) is 0 Å². The van der Waals surface area contributed by atoms with Crippen LogP contribution in [0, 0.1) is 0 Å². The van der Waals surface area contributed by atoms with E-state index in [0.717, 1.165) is 42.4 Å². The summed E-state index contributed by atoms with van der Waals surface area (Å²) in [5.74, 6) is 1.84. The average molecular weight is 460 g/mol. The molecule has 2 heterocycles. The van der Waals surface area contributed by atoms with E-state index in [2.05, 4.69) is 28.1 Å². The number of amides is 1. The van der Waals surface area contributed by atoms with E-state index in [0.29, 0.717) is 13.2 Å². The van der Waals surface area contributed by atoms with Gasteiger partial charge >= 0.3 is 0 Å². The molecule has 0 bridgehead atoms. The largest absolute Gasteiger partial charge is 0.491 e. The lowest BCUT2D eigenvalue weighted by Crippen LogP contribution is -2.49. The summed E-state index contributed by atoms with van der Waals surface area (Å²) in [4.78, 5) is 20.9. The molecule has 1 unspecified atom stereocenters. The van der Waals surface area contributed by atoms with Gasteiger partial charge in [0.1, 0.15) is 18.1 Å². The number of benzene rings is 2. The third kappa shape index (κ3) is 6.14. The van der Waals surface area contributed by atoms with Gasteiger partial charge in [0.05, 0.1) is 17.8 Å². The van der Waals surface area contributed by atoms with Gasteiger partial charge in [0.15, 0.2) is 0 Å². The maximum atomic E-state index is 12.2. The standard InChI is InChI=1S/C28H33N3O3/c1-21(2)34-26-13-11-23(12-14-26)27-19-30(22(3)32)16-17-31(27)18-24-8-4-5-10-28(24)33-20-25-9-6-7-15-29-25/h4-15,21,27H,16-20H2,1-3H3. The van der Waals surface area contributed by atoms with Gasteiger partial charge < -0.3 is 14.4 Å². The Morgan fingerprint density at radius 1 is 1.03 bits per heavy atom. The lowest BCUT2D eigenvalue weighted by Gasteiger charge is -2.41. The first-order chi connectivity index (χ1) is 16.5. The summed E-state index contributed by atoms with van der Waals surface area (Å²) in [6, 6.07) is 22.4. The molecule has 3 aromatic rings. The zero-order chi connectivity index (χ0) is 23.9. The number of nitrogens with zero attached hydrogens (tertiary/aromatic N) is 3. The van der Waals surface area contributed by atoms with Crippen LogP contribution >= 0.6 is 0 Å². The second kappa shape index (κ2) is 11.2. The molecule has 0 N–H and O–H groups in total. The van der Waals surface area contributed by atoms with E-state index in [9.17, 15) is 4.79 Å². The van der Waals surface area contributed by atoms with Crippen LogP contribution in [0.25, 0.3) is 0 Å². The van der Waals surface area contributed by atoms with Crippen LogP contribution < -0.4 is 9.47 Å². The molecule has 0 aliphatic carbocycles. The van der Waals surface area contributed by atoms with Gasteiger partial charge in [-0.25, -0.2) is 0 Å². The van der Waals surface area contributed by atoms with Gasteiger partial charge in [-0.3, -0.25) is 14.7 Å². The molecule has 1 aliphatic heterocycles. The Kier molecular flexibility index (Phi) is 7.80. The van der Waals surface area contributed by atoms with Crippen molar-refractivity contribution in [2.24, 2.45) is 0 Å². The third-order valence-electron chi connectivity index (χ3n) is 6.02. The van der Waals surface area contributed by atoms with Crippen molar-refractivity contribution in [3.8, 4) is 11.5 Å². The number of hydrogen-bond donors (Lipinski definition) is 0. The molecular formula is C28H33N3O3. The predicted octanol–water partition coefficient (Wildman–Crippen LogP) is 4.85. The van der Waals surface area contributed by atoms with Gasteiger partial charge in [-0.1, -0.05) is 36.4 Å². The highest BCUT2D eigenvalue weighted by atomic mass is 16.5. The Morgan fingerprint density at radius 2 is 1.79 bits per heavy atom. The van der Waals surface area contributed by atoms with E-state index in [-0.39, 0.29) is 18.1 Å². The topological polar surface area (TPSA) is 54.9 Å². The maximum Gasteiger partial charge on any atom is 0.219 e. The van der Waals surface area contributed by atoms with Crippen molar-refractivity contribution in [1.82, 2.24) is 14.8 Å². The van der Waals surface area contributed by atoms with Crippen molar-refractivity contribution in [3.05, 3.63) is 89.7 Å². The molecule has 178 valence electrons. The number of aromatic nitrogens is 1. The van der Waals surface area contributed by atoms with Gasteiger partial charge in [0, 0.05) is 44.9 Å². The van der Waals surface area contributed by atoms with E-state index in [1.54, 1.807) is 13.1 Å². The highest BCUT2D eigenvalue weighted by Crippen LogP contribution is 2.31. The Morgan fingerprint density at radius 3 is 2.50 bits per heavy atom. The number of rotatable bonds is 8. The first kappa shape index (κ1) is 23.8. The number of hydrogen-bond acceptors (Lipinski definition) is 5. The molecule has 2 aromatic carbocycles. The highest BCUT2D eigenvalue weighted by Gasteiger charge is 2.30. The van der Waals surface area contributed by atoms with Crippen molar-refractivity contribution in [3.63, 3.8) is 0 Å². The summed E-state index contributed by atoms with van der Waals surface area (Å²) in [5, 5.41) is 0. The van der Waals surface area contributed by atoms with Gasteiger partial charge in [-0.05, 0) is 49.7 Å². The molecule has 0 saturated carbocycles. The molecule has 1 atom stereocenters. The normalized spacial score (nSPS) is 16.5. The molecule has 6 nitrogen and oxygen atoms in total. The Hall–Kier alpha value is -3.38. The van der Waals surface area contributed by atoms with Crippen molar-refractivity contribution < 1.29 is 14.3 Å². The Bertz CT molecular complexity index is 1070. The zero-order valence-corrected chi connectivity index (χ0v) is 20.2. The summed E-state index contributed by atoms with van der Waals surface area (Å²) in [7, 11) is 0. The number of para-hydroxylation sites is 1. The lowest BCUT2D eigenvalue weighted by atomic mass is 10.0. The Labute approximate surface area is 202 Å². The fourth-order valence-corrected chi connectivity index (χ4v) is 4.28. The molecule has 4 rings (SSSR count). The fraction of sp³-hybridized carbons (Fsp3) is 0.357. The molecule has 1 aromatic heterocycles. The van der Waals surface area contributed by atoms with Crippen LogP contribution in [0.5, 0.6) is 11.5 Å². The third-order valence-corrected chi connectivity index (χ3v) is 6.02. The summed E-state index contributed by atoms with van der Waals surface area (Å²) < 4.78 is 12.0. The van der Waals surface area contributed by atoms with Crippen molar-refractivity contribution in [1.29, 1.82) is 0 Å². The van der Waals surface area contributed by atoms with Gasteiger partial charge in [0.25, 0.3) is 0 Å². The average Bonchev–Trinajstić information content (AvgIpc) is 2.84. The molecule has 6 heteroatoms. The van der Waals surface area contributed by atoms with Crippen LogP contribution in [0.2, 0.25) is 0 Å². The number of piperazine rings is 1. The molecule has 1 amide bonds. The molecule has 1 aliphatic rings. The summed E-state index contributed by atoms with van der Waals surface area (Å²) in [6.45, 7) is 9.03. The van der Waals surface area contributed by atoms with Crippen LogP contribution in [-0.2, 0) is 17.9 Å². The van der Waals surface area contributed by atoms with Gasteiger partial charge in [-0.2, -0.15) is 0 Å². The van der Waals surface area contributed by atoms with Crippen LogP contribution in [0.15, 0.2) is 72.9 Å². The van der Waals surface area contributed by atoms with E-state index in [1.807, 2.05) is 67.3 Å². The van der Waals surface area contributed by atoms with Crippen LogP contribution in [0.4, 0.5) is 0 Å². The number of pyridine rings is 1. The molecule has 0 radical (unpaired) electrons. The van der Waals surface area contributed by atoms with E-state index in [1.165, 1.54) is 5.56 Å². The second-order valence-electron chi connectivity index (χ2n) is 8.90. The maximum absolute atomic E-state index is 12.2. The van der Waals surface area contributed by atoms with Crippen LogP contribution in [-0.4, -0.2) is 46.4 Å². The van der Waals surface area contributed by atoms with Crippen molar-refractivity contribution in [2.45, 2.75) is 46.1 Å². The second-order valence-corrected chi connectivity index (χ2v) is 8.90. The zero-order valence-electron chi connectivity index (χ0n) is 20.2. The summed E-state index contributed by atoms with van der Waals surface area (Å²) >= 11 is 0. The summed E-state index contributed by atoms with van der Waals surface area (Å²) in [5.41, 5.74) is 3.20. The summed E-state index contributed by atoms with van der Waals surface area (Å²) in [6.07, 6.45) is 1.91. The van der Waals surface area contributed by atoms with E-state index in [4.69, 9.17) is 9.47 Å². The minimum Gasteiger partial charge on any atom is -0.491 e. The highest BCUT2D eigenvalue weighted by molar-refractivity contribution is 5.73. The number of carbonyl (C=O) groups excluding carboxylic acids is 1. The smallest absolute Gasteiger partial charge is 0.219 e. The van der Waals surface area contributed by atoms with E-state index >= 15 is 0 Å². The number of carbonyl (C=O) groups is 1. The fourth-order valence-electron chi connectivity index (χ4n) is 4.28. The van der Waals surface area contributed by atoms with E-state index < -0.39 is 0 Å². The minimum atomic E-state index is 0.0922. The lowest BCUT2D eigenvalue weighted by molar-refractivity contribution is -0.132. The van der Waals surface area contributed by atoms with Crippen LogP contribution in [0.3, 0.4) is 0 Å². The molecule has 0 spiro atoms. The quantitative estimate of drug-likeness (QED) is 0.482. The van der Waals surface area contributed by atoms with Crippen LogP contribution in [0.1, 0.15) is 43.6 Å². The molecule has 34 heavy (non-hydrogen) atoms. The predicted molar refractivity (Wildman–Crippen MR) is 133 cm³/mol. The SMILES string of the molecule is CC(=O)N1CCN(Cc2ccccc2OCc2ccccn2)C(c2ccc(OC(C)C)cc2)C1. The van der Waals surface area contributed by atoms with Crippen molar-refractivity contribution >= 4 is 5.91 Å².